The molecule has 2 rings (SSSR count). The van der Waals surface area contributed by atoms with Crippen LogP contribution in [0.5, 0.6) is 0 Å². The lowest BCUT2D eigenvalue weighted by Gasteiger charge is -1.87. The van der Waals surface area contributed by atoms with E-state index in [1.807, 2.05) is 29.0 Å². The molecule has 0 spiro atoms. The van der Waals surface area contributed by atoms with Crippen molar-refractivity contribution in [3.8, 4) is 0 Å². The van der Waals surface area contributed by atoms with E-state index in [2.05, 4.69) is 0 Å². The number of thiazole rings is 1. The molecule has 0 saturated carbocycles. The van der Waals surface area contributed by atoms with Crippen molar-refractivity contribution >= 4 is 22.5 Å². The lowest BCUT2D eigenvalue weighted by Crippen LogP contribution is -1.87. The van der Waals surface area contributed by atoms with Crippen molar-refractivity contribution in [1.82, 2.24) is 4.40 Å². The maximum absolute atomic E-state index is 10.6. The zero-order chi connectivity index (χ0) is 7.84. The van der Waals surface area contributed by atoms with Crippen LogP contribution in [0.3, 0.4) is 0 Å². The maximum atomic E-state index is 10.6. The molecule has 2 aromatic heterocycles. The van der Waals surface area contributed by atoms with Crippen LogP contribution >= 0.6 is 11.3 Å². The molecule has 2 heterocycles. The third kappa shape index (κ3) is 0.811. The minimum Gasteiger partial charge on any atom is -0.305 e. The number of carbonyl (C=O) groups is 1. The predicted octanol–water partition coefficient (Wildman–Crippen LogP) is 2.12. The van der Waals surface area contributed by atoms with Crippen molar-refractivity contribution < 1.29 is 4.79 Å². The summed E-state index contributed by atoms with van der Waals surface area (Å²) in [6.07, 6.45) is 2.81. The van der Waals surface area contributed by atoms with Gasteiger partial charge in [-0.15, -0.1) is 11.3 Å². The van der Waals surface area contributed by atoms with E-state index in [0.717, 1.165) is 22.4 Å². The van der Waals surface area contributed by atoms with E-state index in [0.29, 0.717) is 0 Å². The van der Waals surface area contributed by atoms with Gasteiger partial charge in [-0.05, 0) is 18.6 Å². The molecule has 0 aromatic carbocycles. The van der Waals surface area contributed by atoms with Crippen molar-refractivity contribution in [2.75, 3.05) is 0 Å². The van der Waals surface area contributed by atoms with Crippen molar-refractivity contribution in [1.29, 1.82) is 0 Å². The highest BCUT2D eigenvalue weighted by atomic mass is 32.1. The molecule has 0 N–H and O–H groups in total. The van der Waals surface area contributed by atoms with Gasteiger partial charge in [0.1, 0.15) is 0 Å². The topological polar surface area (TPSA) is 21.5 Å². The Hall–Kier alpha value is -1.09. The molecule has 0 aliphatic heterocycles. The van der Waals surface area contributed by atoms with E-state index in [4.69, 9.17) is 0 Å². The molecule has 0 radical (unpaired) electrons. The quantitative estimate of drug-likeness (QED) is 0.593. The molecule has 0 aliphatic rings. The van der Waals surface area contributed by atoms with Gasteiger partial charge < -0.3 is 4.40 Å². The first-order valence-corrected chi connectivity index (χ1v) is 4.21. The highest BCUT2D eigenvalue weighted by molar-refractivity contribution is 7.15. The van der Waals surface area contributed by atoms with Crippen molar-refractivity contribution in [3.63, 3.8) is 0 Å². The second-order valence-corrected chi connectivity index (χ2v) is 3.37. The zero-order valence-electron chi connectivity index (χ0n) is 6.07. The van der Waals surface area contributed by atoms with Crippen LogP contribution in [0.1, 0.15) is 16.1 Å². The van der Waals surface area contributed by atoms with Gasteiger partial charge >= 0.3 is 0 Å². The second-order valence-electron chi connectivity index (χ2n) is 2.44. The summed E-state index contributed by atoms with van der Waals surface area (Å²) in [6.45, 7) is 1.95. The van der Waals surface area contributed by atoms with Crippen LogP contribution < -0.4 is 0 Å². The van der Waals surface area contributed by atoms with Crippen LogP contribution in [0, 0.1) is 6.92 Å². The van der Waals surface area contributed by atoms with E-state index < -0.39 is 0 Å². The summed E-state index contributed by atoms with van der Waals surface area (Å²) < 4.78 is 1.91. The summed E-state index contributed by atoms with van der Waals surface area (Å²) in [7, 11) is 0. The maximum Gasteiger partial charge on any atom is 0.167 e. The second kappa shape index (κ2) is 2.20. The molecule has 0 amide bonds. The van der Waals surface area contributed by atoms with Crippen LogP contribution in [0.2, 0.25) is 0 Å². The van der Waals surface area contributed by atoms with Crippen LogP contribution in [-0.4, -0.2) is 10.7 Å². The van der Waals surface area contributed by atoms with Gasteiger partial charge in [0.15, 0.2) is 6.29 Å². The molecule has 0 aliphatic carbocycles. The number of aromatic nitrogens is 1. The van der Waals surface area contributed by atoms with E-state index in [1.165, 1.54) is 0 Å². The molecule has 56 valence electrons. The Kier molecular flexibility index (Phi) is 1.32. The Morgan fingerprint density at radius 3 is 3.18 bits per heavy atom. The fourth-order valence-corrected chi connectivity index (χ4v) is 2.03. The Morgan fingerprint density at radius 2 is 2.45 bits per heavy atom. The van der Waals surface area contributed by atoms with Gasteiger partial charge in [0.05, 0.1) is 10.5 Å². The van der Waals surface area contributed by atoms with Crippen molar-refractivity contribution in [3.05, 3.63) is 28.9 Å². The van der Waals surface area contributed by atoms with Crippen molar-refractivity contribution in [2.45, 2.75) is 6.92 Å². The van der Waals surface area contributed by atoms with Crippen LogP contribution in [0.4, 0.5) is 0 Å². The van der Waals surface area contributed by atoms with Gasteiger partial charge in [-0.3, -0.25) is 4.79 Å². The summed E-state index contributed by atoms with van der Waals surface area (Å²) in [5.74, 6) is 0. The largest absolute Gasteiger partial charge is 0.305 e. The first kappa shape index (κ1) is 6.61. The molecule has 2 nitrogen and oxygen atoms in total. The molecule has 11 heavy (non-hydrogen) atoms. The summed E-state index contributed by atoms with van der Waals surface area (Å²) in [4.78, 5) is 11.7. The zero-order valence-corrected chi connectivity index (χ0v) is 6.89. The van der Waals surface area contributed by atoms with Gasteiger partial charge in [-0.1, -0.05) is 0 Å². The van der Waals surface area contributed by atoms with Crippen LogP contribution in [0.15, 0.2) is 17.6 Å². The Balaban J connectivity index is 2.90. The average molecular weight is 165 g/mol. The standard InChI is InChI=1S/C8H7NOS/c1-6-4-8-9(2-3-11-8)7(6)5-10/h2-5H,1H3. The summed E-state index contributed by atoms with van der Waals surface area (Å²) in [6, 6.07) is 2.02. The third-order valence-corrected chi connectivity index (χ3v) is 2.57. The van der Waals surface area contributed by atoms with Crippen molar-refractivity contribution in [2.24, 2.45) is 0 Å². The number of rotatable bonds is 1. The molecule has 0 unspecified atom stereocenters. The Morgan fingerprint density at radius 1 is 1.64 bits per heavy atom. The highest BCUT2D eigenvalue weighted by Crippen LogP contribution is 2.18. The molecular formula is C8H7NOS. The Bertz CT molecular complexity index is 399. The molecule has 0 fully saturated rings. The number of hydrogen-bond acceptors (Lipinski definition) is 2. The van der Waals surface area contributed by atoms with E-state index in [-0.39, 0.29) is 0 Å². The number of nitrogens with zero attached hydrogens (tertiary/aromatic N) is 1. The molecular weight excluding hydrogens is 158 g/mol. The number of aryl methyl sites for hydroxylation is 1. The number of hydrogen-bond donors (Lipinski definition) is 0. The lowest BCUT2D eigenvalue weighted by molar-refractivity contribution is 0.111. The number of aldehydes is 1. The SMILES string of the molecule is Cc1cc2sccn2c1C=O. The smallest absolute Gasteiger partial charge is 0.167 e. The third-order valence-electron chi connectivity index (χ3n) is 1.75. The van der Waals surface area contributed by atoms with Gasteiger partial charge in [0.25, 0.3) is 0 Å². The van der Waals surface area contributed by atoms with Gasteiger partial charge in [-0.25, -0.2) is 0 Å². The molecule has 0 saturated heterocycles. The fraction of sp³-hybridized carbons (Fsp3) is 0.125. The normalized spacial score (nSPS) is 10.6. The van der Waals surface area contributed by atoms with Gasteiger partial charge in [0.2, 0.25) is 0 Å². The average Bonchev–Trinajstić information content (AvgIpc) is 2.46. The molecule has 0 bridgehead atoms. The predicted molar refractivity (Wildman–Crippen MR) is 45.4 cm³/mol. The fourth-order valence-electron chi connectivity index (χ4n) is 1.19. The minimum atomic E-state index is 0.765. The molecule has 2 aromatic rings. The van der Waals surface area contributed by atoms with Crippen LogP contribution in [0.25, 0.3) is 4.83 Å². The van der Waals surface area contributed by atoms with Gasteiger partial charge in [0, 0.05) is 11.6 Å². The lowest BCUT2D eigenvalue weighted by atomic mass is 10.3. The van der Waals surface area contributed by atoms with E-state index in [9.17, 15) is 4.79 Å². The molecule has 0 atom stereocenters. The summed E-state index contributed by atoms with van der Waals surface area (Å²) in [5, 5.41) is 1.97. The highest BCUT2D eigenvalue weighted by Gasteiger charge is 2.04. The monoisotopic (exact) mass is 165 g/mol. The molecule has 3 heteroatoms. The van der Waals surface area contributed by atoms with E-state index >= 15 is 0 Å². The minimum absolute atomic E-state index is 0.765. The Labute approximate surface area is 68.1 Å². The number of carbonyl (C=O) groups excluding carboxylic acids is 1. The number of fused-ring (bicyclic) bond motifs is 1. The summed E-state index contributed by atoms with van der Waals surface area (Å²) >= 11 is 1.64. The first-order valence-electron chi connectivity index (χ1n) is 3.33. The van der Waals surface area contributed by atoms with Crippen LogP contribution in [-0.2, 0) is 0 Å². The van der Waals surface area contributed by atoms with Gasteiger partial charge in [-0.2, -0.15) is 0 Å². The van der Waals surface area contributed by atoms with E-state index in [1.54, 1.807) is 11.3 Å². The summed E-state index contributed by atoms with van der Waals surface area (Å²) in [5.41, 5.74) is 1.81. The first-order chi connectivity index (χ1) is 5.33.